The molecule has 0 bridgehead atoms. The zero-order chi connectivity index (χ0) is 13.1. The molecule has 0 saturated heterocycles. The molecule has 0 saturated carbocycles. The summed E-state index contributed by atoms with van der Waals surface area (Å²) in [6.07, 6.45) is 2.91. The first-order chi connectivity index (χ1) is 8.63. The molecule has 1 aromatic heterocycles. The largest absolute Gasteiger partial charge is 0.397 e. The number of fused-ring (bicyclic) bond motifs is 1. The Morgan fingerprint density at radius 2 is 2.06 bits per heavy atom. The highest BCUT2D eigenvalue weighted by Crippen LogP contribution is 2.27. The van der Waals surface area contributed by atoms with Crippen LogP contribution in [0.3, 0.4) is 0 Å². The minimum Gasteiger partial charge on any atom is -0.397 e. The van der Waals surface area contributed by atoms with E-state index in [4.69, 9.17) is 5.73 Å². The van der Waals surface area contributed by atoms with Crippen molar-refractivity contribution in [1.29, 1.82) is 0 Å². The number of para-hydroxylation sites is 1. The third-order valence-corrected chi connectivity index (χ3v) is 3.39. The van der Waals surface area contributed by atoms with Crippen LogP contribution < -0.4 is 11.1 Å². The lowest BCUT2D eigenvalue weighted by atomic mass is 10.0. The number of nitrogen functional groups attached to an aromatic ring is 1. The van der Waals surface area contributed by atoms with Crippen molar-refractivity contribution >= 4 is 22.3 Å². The van der Waals surface area contributed by atoms with Crippen molar-refractivity contribution in [3.63, 3.8) is 0 Å². The number of hydrogen-bond acceptors (Lipinski definition) is 3. The second-order valence-electron chi connectivity index (χ2n) is 5.01. The molecule has 0 aliphatic heterocycles. The minimum absolute atomic E-state index is 0.469. The van der Waals surface area contributed by atoms with Gasteiger partial charge in [-0.25, -0.2) is 0 Å². The van der Waals surface area contributed by atoms with Crippen molar-refractivity contribution in [2.45, 2.75) is 33.2 Å². The molecule has 0 radical (unpaired) electrons. The van der Waals surface area contributed by atoms with Crippen LogP contribution in [0, 0.1) is 5.92 Å². The summed E-state index contributed by atoms with van der Waals surface area (Å²) in [5.74, 6) is 0.597. The molecule has 0 aliphatic rings. The summed E-state index contributed by atoms with van der Waals surface area (Å²) < 4.78 is 0. The number of rotatable bonds is 4. The van der Waals surface area contributed by atoms with Crippen LogP contribution in [0.1, 0.15) is 27.2 Å². The lowest BCUT2D eigenvalue weighted by Crippen LogP contribution is -2.24. The third-order valence-electron chi connectivity index (χ3n) is 3.39. The molecule has 96 valence electrons. The predicted molar refractivity (Wildman–Crippen MR) is 78.7 cm³/mol. The Morgan fingerprint density at radius 3 is 2.72 bits per heavy atom. The monoisotopic (exact) mass is 243 g/mol. The molecular weight excluding hydrogens is 222 g/mol. The molecule has 3 heteroatoms. The van der Waals surface area contributed by atoms with Crippen LogP contribution in [-0.2, 0) is 0 Å². The van der Waals surface area contributed by atoms with Crippen molar-refractivity contribution in [2.24, 2.45) is 5.92 Å². The number of nitrogens with one attached hydrogen (secondary N) is 1. The van der Waals surface area contributed by atoms with Crippen LogP contribution in [0.2, 0.25) is 0 Å². The maximum absolute atomic E-state index is 5.96. The molecule has 1 heterocycles. The van der Waals surface area contributed by atoms with E-state index in [2.05, 4.69) is 37.1 Å². The summed E-state index contributed by atoms with van der Waals surface area (Å²) in [7, 11) is 0. The average molecular weight is 243 g/mol. The number of benzene rings is 1. The maximum Gasteiger partial charge on any atom is 0.0951 e. The van der Waals surface area contributed by atoms with Crippen molar-refractivity contribution in [2.75, 3.05) is 11.1 Å². The highest BCUT2D eigenvalue weighted by Gasteiger charge is 2.12. The van der Waals surface area contributed by atoms with E-state index < -0.39 is 0 Å². The molecule has 1 unspecified atom stereocenters. The number of hydrogen-bond donors (Lipinski definition) is 2. The van der Waals surface area contributed by atoms with Gasteiger partial charge in [0, 0.05) is 23.3 Å². The molecule has 2 rings (SSSR count). The first kappa shape index (κ1) is 12.7. The summed E-state index contributed by atoms with van der Waals surface area (Å²) in [6.45, 7) is 6.67. The van der Waals surface area contributed by atoms with E-state index in [1.54, 1.807) is 0 Å². The molecule has 0 aliphatic carbocycles. The fourth-order valence-electron chi connectivity index (χ4n) is 2.26. The second-order valence-corrected chi connectivity index (χ2v) is 5.01. The quantitative estimate of drug-likeness (QED) is 0.806. The summed E-state index contributed by atoms with van der Waals surface area (Å²) in [4.78, 5) is 4.35. The van der Waals surface area contributed by atoms with Gasteiger partial charge in [0.15, 0.2) is 0 Å². The molecule has 0 spiro atoms. The molecule has 3 N–H and O–H groups in total. The van der Waals surface area contributed by atoms with Crippen LogP contribution in [0.15, 0.2) is 30.5 Å². The van der Waals surface area contributed by atoms with Gasteiger partial charge in [-0.2, -0.15) is 0 Å². The molecular formula is C15H21N3. The van der Waals surface area contributed by atoms with Gasteiger partial charge in [0.05, 0.1) is 11.2 Å². The van der Waals surface area contributed by atoms with E-state index in [0.717, 1.165) is 28.7 Å². The van der Waals surface area contributed by atoms with E-state index in [9.17, 15) is 0 Å². The molecule has 0 fully saturated rings. The average Bonchev–Trinajstić information content (AvgIpc) is 2.36. The van der Waals surface area contributed by atoms with Gasteiger partial charge in [0.2, 0.25) is 0 Å². The Hall–Kier alpha value is -1.77. The first-order valence-corrected chi connectivity index (χ1v) is 6.53. The van der Waals surface area contributed by atoms with Crippen molar-refractivity contribution < 1.29 is 0 Å². The van der Waals surface area contributed by atoms with Crippen molar-refractivity contribution in [1.82, 2.24) is 4.98 Å². The van der Waals surface area contributed by atoms with Gasteiger partial charge in [-0.1, -0.05) is 32.9 Å². The van der Waals surface area contributed by atoms with Crippen LogP contribution in [0.25, 0.3) is 10.9 Å². The van der Waals surface area contributed by atoms with Crippen LogP contribution in [-0.4, -0.2) is 11.0 Å². The summed E-state index contributed by atoms with van der Waals surface area (Å²) in [5, 5.41) is 4.70. The number of nitrogens with two attached hydrogens (primary N) is 1. The number of aromatic nitrogens is 1. The predicted octanol–water partition coefficient (Wildman–Crippen LogP) is 3.66. The SMILES string of the molecule is CCC(Nc1ccnc2c(N)cccc12)C(C)C. The topological polar surface area (TPSA) is 50.9 Å². The van der Waals surface area contributed by atoms with Crippen molar-refractivity contribution in [3.8, 4) is 0 Å². The van der Waals surface area contributed by atoms with E-state index in [0.29, 0.717) is 12.0 Å². The van der Waals surface area contributed by atoms with Gasteiger partial charge in [0.25, 0.3) is 0 Å². The lowest BCUT2D eigenvalue weighted by Gasteiger charge is -2.23. The zero-order valence-corrected chi connectivity index (χ0v) is 11.3. The number of pyridine rings is 1. The first-order valence-electron chi connectivity index (χ1n) is 6.53. The molecule has 18 heavy (non-hydrogen) atoms. The van der Waals surface area contributed by atoms with E-state index in [-0.39, 0.29) is 0 Å². The van der Waals surface area contributed by atoms with Gasteiger partial charge in [-0.15, -0.1) is 0 Å². The zero-order valence-electron chi connectivity index (χ0n) is 11.3. The second kappa shape index (κ2) is 5.25. The fraction of sp³-hybridized carbons (Fsp3) is 0.400. The Bertz CT molecular complexity index is 534. The Morgan fingerprint density at radius 1 is 1.28 bits per heavy atom. The normalized spacial score (nSPS) is 12.9. The summed E-state index contributed by atoms with van der Waals surface area (Å²) >= 11 is 0. The molecule has 3 nitrogen and oxygen atoms in total. The van der Waals surface area contributed by atoms with Crippen LogP contribution in [0.5, 0.6) is 0 Å². The van der Waals surface area contributed by atoms with Crippen molar-refractivity contribution in [3.05, 3.63) is 30.5 Å². The fourth-order valence-corrected chi connectivity index (χ4v) is 2.26. The number of anilines is 2. The van der Waals surface area contributed by atoms with Gasteiger partial charge in [0.1, 0.15) is 0 Å². The minimum atomic E-state index is 0.469. The molecule has 1 atom stereocenters. The molecule has 0 amide bonds. The lowest BCUT2D eigenvalue weighted by molar-refractivity contribution is 0.511. The highest BCUT2D eigenvalue weighted by atomic mass is 14.9. The van der Waals surface area contributed by atoms with Gasteiger partial charge >= 0.3 is 0 Å². The third kappa shape index (κ3) is 2.40. The standard InChI is InChI=1S/C15H21N3/c1-4-13(10(2)3)18-14-8-9-17-15-11(14)6-5-7-12(15)16/h5-10,13H,4,16H2,1-3H3,(H,17,18). The summed E-state index contributed by atoms with van der Waals surface area (Å²) in [6, 6.07) is 8.41. The van der Waals surface area contributed by atoms with E-state index in [1.807, 2.05) is 24.4 Å². The Kier molecular flexibility index (Phi) is 3.70. The smallest absolute Gasteiger partial charge is 0.0951 e. The highest BCUT2D eigenvalue weighted by molar-refractivity contribution is 5.97. The number of nitrogens with zero attached hydrogens (tertiary/aromatic N) is 1. The van der Waals surface area contributed by atoms with Crippen LogP contribution >= 0.6 is 0 Å². The van der Waals surface area contributed by atoms with Gasteiger partial charge < -0.3 is 11.1 Å². The van der Waals surface area contributed by atoms with Gasteiger partial charge in [-0.3, -0.25) is 4.98 Å². The summed E-state index contributed by atoms with van der Waals surface area (Å²) in [5.41, 5.74) is 8.68. The molecule has 2 aromatic rings. The Labute approximate surface area is 108 Å². The van der Waals surface area contributed by atoms with E-state index >= 15 is 0 Å². The maximum atomic E-state index is 5.96. The Balaban J connectivity index is 2.42. The van der Waals surface area contributed by atoms with Crippen LogP contribution in [0.4, 0.5) is 11.4 Å². The van der Waals surface area contributed by atoms with E-state index in [1.165, 1.54) is 0 Å². The molecule has 1 aromatic carbocycles. The van der Waals surface area contributed by atoms with Gasteiger partial charge in [-0.05, 0) is 24.5 Å².